The average molecular weight is 257 g/mol. The van der Waals surface area contributed by atoms with Crippen molar-refractivity contribution >= 4 is 16.9 Å². The molecule has 3 rings (SSSR count). The van der Waals surface area contributed by atoms with E-state index in [9.17, 15) is 9.59 Å². The summed E-state index contributed by atoms with van der Waals surface area (Å²) in [6.45, 7) is 0. The first-order valence-electron chi connectivity index (χ1n) is 5.28. The third-order valence-corrected chi connectivity index (χ3v) is 2.59. The molecule has 0 aliphatic heterocycles. The number of H-pyrrole nitrogens is 2. The molecule has 0 aliphatic rings. The van der Waals surface area contributed by atoms with Crippen molar-refractivity contribution in [1.29, 1.82) is 0 Å². The quantitative estimate of drug-likeness (QED) is 0.610. The molecule has 3 aromatic rings. The van der Waals surface area contributed by atoms with Gasteiger partial charge < -0.3 is 10.1 Å². The third kappa shape index (κ3) is 1.84. The Balaban J connectivity index is 2.29. The molecule has 0 fully saturated rings. The van der Waals surface area contributed by atoms with Gasteiger partial charge in [0.2, 0.25) is 0 Å². The van der Waals surface area contributed by atoms with E-state index in [0.29, 0.717) is 11.2 Å². The molecule has 3 N–H and O–H groups in total. The van der Waals surface area contributed by atoms with Gasteiger partial charge in [-0.1, -0.05) is 0 Å². The summed E-state index contributed by atoms with van der Waals surface area (Å²) in [6.07, 6.45) is 1.28. The number of carboxylic acids is 1. The molecule has 0 aliphatic carbocycles. The highest BCUT2D eigenvalue weighted by Gasteiger charge is 2.10. The van der Waals surface area contributed by atoms with Crippen molar-refractivity contribution in [2.45, 2.75) is 0 Å². The highest BCUT2D eigenvalue weighted by Crippen LogP contribution is 2.13. The van der Waals surface area contributed by atoms with Crippen LogP contribution in [0.1, 0.15) is 10.4 Å². The van der Waals surface area contributed by atoms with Crippen molar-refractivity contribution in [2.75, 3.05) is 0 Å². The molecular weight excluding hydrogens is 250 g/mol. The van der Waals surface area contributed by atoms with Crippen LogP contribution in [0, 0.1) is 0 Å². The van der Waals surface area contributed by atoms with Gasteiger partial charge in [0.25, 0.3) is 5.56 Å². The summed E-state index contributed by atoms with van der Waals surface area (Å²) >= 11 is 0. The van der Waals surface area contributed by atoms with Gasteiger partial charge in [0.05, 0.1) is 16.5 Å². The molecule has 0 atom stereocenters. The number of nitrogens with zero attached hydrogens (tertiary/aromatic N) is 3. The van der Waals surface area contributed by atoms with Gasteiger partial charge in [-0.25, -0.2) is 14.8 Å². The monoisotopic (exact) mass is 257 g/mol. The van der Waals surface area contributed by atoms with Gasteiger partial charge >= 0.3 is 5.97 Å². The van der Waals surface area contributed by atoms with Crippen molar-refractivity contribution in [2.24, 2.45) is 0 Å². The Bertz CT molecular complexity index is 822. The van der Waals surface area contributed by atoms with Crippen LogP contribution in [0.25, 0.3) is 22.6 Å². The van der Waals surface area contributed by atoms with Crippen LogP contribution in [0.4, 0.5) is 0 Å². The van der Waals surface area contributed by atoms with E-state index in [-0.39, 0.29) is 22.5 Å². The summed E-state index contributed by atoms with van der Waals surface area (Å²) in [6, 6.07) is 4.12. The van der Waals surface area contributed by atoms with Gasteiger partial charge in [-0.15, -0.1) is 0 Å². The van der Waals surface area contributed by atoms with Crippen molar-refractivity contribution in [3.05, 3.63) is 40.4 Å². The molecular formula is C11H7N5O3. The highest BCUT2D eigenvalue weighted by atomic mass is 16.4. The van der Waals surface area contributed by atoms with Crippen molar-refractivity contribution in [1.82, 2.24) is 25.1 Å². The van der Waals surface area contributed by atoms with Gasteiger partial charge in [0.15, 0.2) is 11.6 Å². The summed E-state index contributed by atoms with van der Waals surface area (Å²) in [5.41, 5.74) is -0.0162. The van der Waals surface area contributed by atoms with E-state index in [0.717, 1.165) is 0 Å². The Kier molecular flexibility index (Phi) is 2.34. The number of aromatic carboxylic acids is 1. The largest absolute Gasteiger partial charge is 0.478 e. The fourth-order valence-corrected chi connectivity index (χ4v) is 1.70. The van der Waals surface area contributed by atoms with Gasteiger partial charge in [0, 0.05) is 0 Å². The minimum absolute atomic E-state index is 0.0640. The molecule has 1 aromatic carbocycles. The normalized spacial score (nSPS) is 10.7. The zero-order valence-electron chi connectivity index (χ0n) is 9.41. The number of fused-ring (bicyclic) bond motifs is 1. The Morgan fingerprint density at radius 3 is 2.79 bits per heavy atom. The molecule has 0 amide bonds. The van der Waals surface area contributed by atoms with Gasteiger partial charge in [-0.3, -0.25) is 9.89 Å². The molecule has 94 valence electrons. The minimum atomic E-state index is -1.08. The van der Waals surface area contributed by atoms with Crippen LogP contribution >= 0.6 is 0 Å². The summed E-state index contributed by atoms with van der Waals surface area (Å²) in [7, 11) is 0. The van der Waals surface area contributed by atoms with Crippen LogP contribution in [-0.2, 0) is 0 Å². The average Bonchev–Trinajstić information content (AvgIpc) is 2.91. The number of hydrogen-bond donors (Lipinski definition) is 3. The Hall–Kier alpha value is -3.03. The van der Waals surface area contributed by atoms with E-state index in [1.807, 2.05) is 0 Å². The third-order valence-electron chi connectivity index (χ3n) is 2.59. The predicted octanol–water partition coefficient (Wildman–Crippen LogP) is 0.406. The number of rotatable bonds is 2. The molecule has 0 unspecified atom stereocenters. The Morgan fingerprint density at radius 1 is 1.26 bits per heavy atom. The fraction of sp³-hybridized carbons (Fsp3) is 0. The molecule has 2 aromatic heterocycles. The standard InChI is InChI=1S/C11H7N5O3/c17-10-6-2-1-5(11(18)19)3-7(6)14-9(15-10)8-12-4-13-16-8/h1-4H,(H,18,19)(H,12,13,16)(H,14,15,17). The molecule has 8 nitrogen and oxygen atoms in total. The van der Waals surface area contributed by atoms with Gasteiger partial charge in [0.1, 0.15) is 6.33 Å². The van der Waals surface area contributed by atoms with E-state index >= 15 is 0 Å². The topological polar surface area (TPSA) is 125 Å². The van der Waals surface area contributed by atoms with E-state index in [2.05, 4.69) is 25.1 Å². The molecule has 0 bridgehead atoms. The zero-order chi connectivity index (χ0) is 13.4. The highest BCUT2D eigenvalue weighted by molar-refractivity contribution is 5.93. The lowest BCUT2D eigenvalue weighted by molar-refractivity contribution is 0.0697. The second-order valence-corrected chi connectivity index (χ2v) is 3.79. The first-order valence-corrected chi connectivity index (χ1v) is 5.28. The number of carboxylic acid groups (broad SMARTS) is 1. The molecule has 0 spiro atoms. The first-order chi connectivity index (χ1) is 9.15. The molecule has 2 heterocycles. The summed E-state index contributed by atoms with van der Waals surface area (Å²) in [5, 5.41) is 15.5. The zero-order valence-corrected chi connectivity index (χ0v) is 9.41. The maximum Gasteiger partial charge on any atom is 0.335 e. The number of nitrogens with one attached hydrogen (secondary N) is 2. The molecule has 0 saturated carbocycles. The number of benzene rings is 1. The van der Waals surface area contributed by atoms with E-state index in [1.165, 1.54) is 24.5 Å². The van der Waals surface area contributed by atoms with E-state index in [4.69, 9.17) is 5.11 Å². The van der Waals surface area contributed by atoms with Crippen molar-refractivity contribution < 1.29 is 9.90 Å². The number of carbonyl (C=O) groups is 1. The van der Waals surface area contributed by atoms with E-state index in [1.54, 1.807) is 0 Å². The van der Waals surface area contributed by atoms with Crippen LogP contribution < -0.4 is 5.56 Å². The minimum Gasteiger partial charge on any atom is -0.478 e. The lowest BCUT2D eigenvalue weighted by atomic mass is 10.1. The molecule has 0 saturated heterocycles. The summed E-state index contributed by atoms with van der Waals surface area (Å²) in [4.78, 5) is 33.4. The SMILES string of the molecule is O=C(O)c1ccc2c(=O)[nH]c(-c3ncn[nH]3)nc2c1. The number of aromatic amines is 2. The first kappa shape index (κ1) is 11.1. The predicted molar refractivity (Wildman–Crippen MR) is 64.7 cm³/mol. The lowest BCUT2D eigenvalue weighted by Crippen LogP contribution is -2.11. The second kappa shape index (κ2) is 4.02. The summed E-state index contributed by atoms with van der Waals surface area (Å²) < 4.78 is 0. The van der Waals surface area contributed by atoms with Crippen LogP contribution in [-0.4, -0.2) is 36.2 Å². The van der Waals surface area contributed by atoms with Crippen molar-refractivity contribution in [3.8, 4) is 11.6 Å². The maximum absolute atomic E-state index is 11.9. The van der Waals surface area contributed by atoms with Crippen LogP contribution in [0.3, 0.4) is 0 Å². The molecule has 0 radical (unpaired) electrons. The Labute approximate surface area is 105 Å². The number of hydrogen-bond acceptors (Lipinski definition) is 5. The van der Waals surface area contributed by atoms with Crippen LogP contribution in [0.5, 0.6) is 0 Å². The lowest BCUT2D eigenvalue weighted by Gasteiger charge is -2.01. The van der Waals surface area contributed by atoms with E-state index < -0.39 is 5.97 Å². The maximum atomic E-state index is 11.9. The van der Waals surface area contributed by atoms with Crippen molar-refractivity contribution in [3.63, 3.8) is 0 Å². The molecule has 8 heteroatoms. The van der Waals surface area contributed by atoms with Crippen LogP contribution in [0.2, 0.25) is 0 Å². The van der Waals surface area contributed by atoms with Crippen LogP contribution in [0.15, 0.2) is 29.3 Å². The number of aromatic nitrogens is 5. The Morgan fingerprint density at radius 2 is 2.11 bits per heavy atom. The van der Waals surface area contributed by atoms with Gasteiger partial charge in [-0.05, 0) is 18.2 Å². The fourth-order valence-electron chi connectivity index (χ4n) is 1.70. The molecule has 19 heavy (non-hydrogen) atoms. The summed E-state index contributed by atoms with van der Waals surface area (Å²) in [5.74, 6) is -0.567. The van der Waals surface area contributed by atoms with Gasteiger partial charge in [-0.2, -0.15) is 5.10 Å². The second-order valence-electron chi connectivity index (χ2n) is 3.79. The smallest absolute Gasteiger partial charge is 0.335 e.